The molecule has 8 heteroatoms. The van der Waals surface area contributed by atoms with Crippen LogP contribution in [0.5, 0.6) is 0 Å². The van der Waals surface area contributed by atoms with Crippen LogP contribution in [0.25, 0.3) is 11.1 Å². The number of hydrogen-bond donors (Lipinski definition) is 2. The molecule has 0 radical (unpaired) electrons. The molecule has 1 amide bonds. The van der Waals surface area contributed by atoms with Crippen LogP contribution in [-0.4, -0.2) is 33.8 Å². The van der Waals surface area contributed by atoms with Crippen LogP contribution in [0.2, 0.25) is 0 Å². The molecule has 7 nitrogen and oxygen atoms in total. The van der Waals surface area contributed by atoms with Gasteiger partial charge in [-0.2, -0.15) is 10.4 Å². The van der Waals surface area contributed by atoms with Crippen molar-refractivity contribution in [1.82, 2.24) is 20.1 Å². The van der Waals surface area contributed by atoms with Gasteiger partial charge in [-0.1, -0.05) is 36.4 Å². The van der Waals surface area contributed by atoms with E-state index in [1.54, 1.807) is 35.3 Å². The van der Waals surface area contributed by atoms with Gasteiger partial charge < -0.3 is 10.6 Å². The number of hydrogen-bond acceptors (Lipinski definition) is 5. The van der Waals surface area contributed by atoms with Gasteiger partial charge in [-0.05, 0) is 48.4 Å². The number of pyridine rings is 1. The minimum atomic E-state index is -0.457. The summed E-state index contributed by atoms with van der Waals surface area (Å²) in [6.07, 6.45) is 5.80. The first-order valence-electron chi connectivity index (χ1n) is 11.2. The molecule has 4 rings (SSSR count). The zero-order valence-electron chi connectivity index (χ0n) is 19.3. The highest BCUT2D eigenvalue weighted by molar-refractivity contribution is 5.95. The Hall–Kier alpha value is -4.35. The first kappa shape index (κ1) is 23.8. The summed E-state index contributed by atoms with van der Waals surface area (Å²) in [5, 5.41) is 19.2. The van der Waals surface area contributed by atoms with Crippen LogP contribution in [-0.2, 0) is 18.3 Å². The number of anilines is 1. The van der Waals surface area contributed by atoms with E-state index in [4.69, 9.17) is 5.26 Å². The average Bonchev–Trinajstić information content (AvgIpc) is 3.32. The zero-order valence-corrected chi connectivity index (χ0v) is 19.3. The van der Waals surface area contributed by atoms with Crippen LogP contribution in [0.3, 0.4) is 0 Å². The number of nitriles is 1. The minimum Gasteiger partial charge on any atom is -0.315 e. The van der Waals surface area contributed by atoms with E-state index in [1.807, 2.05) is 55.7 Å². The number of benzene rings is 2. The lowest BCUT2D eigenvalue weighted by atomic mass is 9.98. The first-order valence-corrected chi connectivity index (χ1v) is 11.2. The van der Waals surface area contributed by atoms with E-state index in [0.717, 1.165) is 16.7 Å². The molecule has 1 atom stereocenters. The highest BCUT2D eigenvalue weighted by Gasteiger charge is 2.21. The van der Waals surface area contributed by atoms with Gasteiger partial charge in [0.15, 0.2) is 0 Å². The van der Waals surface area contributed by atoms with Gasteiger partial charge in [0.1, 0.15) is 11.6 Å². The lowest BCUT2D eigenvalue weighted by Crippen LogP contribution is -2.32. The topological polar surface area (TPSA) is 95.6 Å². The minimum absolute atomic E-state index is 0.185. The quantitative estimate of drug-likeness (QED) is 0.362. The third kappa shape index (κ3) is 6.16. The number of amides is 1. The van der Waals surface area contributed by atoms with Gasteiger partial charge in [0.05, 0.1) is 23.7 Å². The Morgan fingerprint density at radius 1 is 1.11 bits per heavy atom. The predicted octanol–water partition coefficient (Wildman–Crippen LogP) is 4.05. The van der Waals surface area contributed by atoms with Crippen molar-refractivity contribution in [3.8, 4) is 17.2 Å². The average molecular weight is 469 g/mol. The largest absolute Gasteiger partial charge is 0.315 e. The van der Waals surface area contributed by atoms with Crippen molar-refractivity contribution in [3.63, 3.8) is 0 Å². The highest BCUT2D eigenvalue weighted by atomic mass is 19.1. The van der Waals surface area contributed by atoms with Crippen molar-refractivity contribution < 1.29 is 9.18 Å². The van der Waals surface area contributed by atoms with E-state index in [9.17, 15) is 9.18 Å². The van der Waals surface area contributed by atoms with Crippen molar-refractivity contribution in [2.24, 2.45) is 7.05 Å². The molecule has 0 saturated heterocycles. The van der Waals surface area contributed by atoms with E-state index in [1.165, 1.54) is 6.07 Å². The number of carbonyl (C=O) groups excluding carboxylic acids is 1. The normalized spacial score (nSPS) is 11.6. The second kappa shape index (κ2) is 11.2. The predicted molar refractivity (Wildman–Crippen MR) is 132 cm³/mol. The summed E-state index contributed by atoms with van der Waals surface area (Å²) in [6, 6.07) is 19.6. The number of aromatic nitrogens is 3. The van der Waals surface area contributed by atoms with Crippen LogP contribution in [0.15, 0.2) is 79.3 Å². The molecule has 0 bridgehead atoms. The van der Waals surface area contributed by atoms with Gasteiger partial charge in [-0.15, -0.1) is 0 Å². The van der Waals surface area contributed by atoms with Gasteiger partial charge in [0.25, 0.3) is 0 Å². The summed E-state index contributed by atoms with van der Waals surface area (Å²) in [7, 11) is 1.85. The Morgan fingerprint density at radius 2 is 1.94 bits per heavy atom. The Balaban J connectivity index is 1.39. The second-order valence-electron chi connectivity index (χ2n) is 8.16. The van der Waals surface area contributed by atoms with Gasteiger partial charge in [-0.3, -0.25) is 9.48 Å². The third-order valence-electron chi connectivity index (χ3n) is 5.67. The van der Waals surface area contributed by atoms with Crippen LogP contribution < -0.4 is 10.6 Å². The number of halogens is 1. The summed E-state index contributed by atoms with van der Waals surface area (Å²) in [6.45, 7) is 0.860. The van der Waals surface area contributed by atoms with E-state index in [0.29, 0.717) is 36.5 Å². The van der Waals surface area contributed by atoms with Crippen LogP contribution in [0.4, 0.5) is 10.2 Å². The summed E-state index contributed by atoms with van der Waals surface area (Å²) < 4.78 is 15.9. The molecule has 0 saturated carbocycles. The maximum Gasteiger partial charge on any atom is 0.234 e. The zero-order chi connectivity index (χ0) is 24.6. The van der Waals surface area contributed by atoms with Gasteiger partial charge in [0, 0.05) is 37.1 Å². The number of aryl methyl sites for hydroxylation is 1. The standard InChI is InChI=1S/C27H25FN6O/c1-34-18-23(16-32-34)22-9-10-26(31-15-22)33-27(35)24(20-5-3-2-4-6-20)17-30-12-11-21-8-7-19(14-29)13-25(21)28/h2-10,13,15-16,18,24,30H,11-12,17H2,1H3,(H,31,33,35). The molecule has 0 aliphatic heterocycles. The lowest BCUT2D eigenvalue weighted by Gasteiger charge is -2.18. The highest BCUT2D eigenvalue weighted by Crippen LogP contribution is 2.21. The SMILES string of the molecule is Cn1cc(-c2ccc(NC(=O)C(CNCCc3ccc(C#N)cc3F)c3ccccc3)nc2)cn1. The van der Waals surface area contributed by atoms with E-state index >= 15 is 0 Å². The number of nitrogens with one attached hydrogen (secondary N) is 2. The number of nitrogens with zero attached hydrogens (tertiary/aromatic N) is 4. The molecular formula is C27H25FN6O. The molecule has 176 valence electrons. The monoisotopic (exact) mass is 468 g/mol. The fourth-order valence-corrected chi connectivity index (χ4v) is 3.76. The fraction of sp³-hybridized carbons (Fsp3) is 0.185. The van der Waals surface area contributed by atoms with Crippen molar-refractivity contribution in [1.29, 1.82) is 5.26 Å². The van der Waals surface area contributed by atoms with E-state index < -0.39 is 11.7 Å². The second-order valence-corrected chi connectivity index (χ2v) is 8.16. The van der Waals surface area contributed by atoms with Crippen molar-refractivity contribution in [3.05, 3.63) is 102 Å². The molecule has 2 aromatic carbocycles. The lowest BCUT2D eigenvalue weighted by molar-refractivity contribution is -0.117. The Labute approximate surface area is 203 Å². The first-order chi connectivity index (χ1) is 17.0. The van der Waals surface area contributed by atoms with Crippen molar-refractivity contribution >= 4 is 11.7 Å². The molecule has 0 aliphatic rings. The molecule has 2 N–H and O–H groups in total. The Morgan fingerprint density at radius 3 is 2.60 bits per heavy atom. The summed E-state index contributed by atoms with van der Waals surface area (Å²) in [5.41, 5.74) is 3.54. The molecule has 0 spiro atoms. The summed E-state index contributed by atoms with van der Waals surface area (Å²) >= 11 is 0. The van der Waals surface area contributed by atoms with E-state index in [2.05, 4.69) is 20.7 Å². The molecule has 2 aromatic heterocycles. The maximum absolute atomic E-state index is 14.1. The third-order valence-corrected chi connectivity index (χ3v) is 5.67. The fourth-order valence-electron chi connectivity index (χ4n) is 3.76. The summed E-state index contributed by atoms with van der Waals surface area (Å²) in [4.78, 5) is 17.6. The maximum atomic E-state index is 14.1. The molecule has 1 unspecified atom stereocenters. The molecule has 0 aliphatic carbocycles. The Bertz CT molecular complexity index is 1330. The smallest absolute Gasteiger partial charge is 0.234 e. The molecule has 4 aromatic rings. The molecular weight excluding hydrogens is 443 g/mol. The number of rotatable bonds is 9. The van der Waals surface area contributed by atoms with Crippen molar-refractivity contribution in [2.75, 3.05) is 18.4 Å². The molecule has 0 fully saturated rings. The Kier molecular flexibility index (Phi) is 7.60. The van der Waals surface area contributed by atoms with Crippen LogP contribution in [0.1, 0.15) is 22.6 Å². The van der Waals surface area contributed by atoms with Crippen molar-refractivity contribution in [2.45, 2.75) is 12.3 Å². The molecule has 35 heavy (non-hydrogen) atoms. The number of carbonyl (C=O) groups is 1. The van der Waals surface area contributed by atoms with Gasteiger partial charge in [0.2, 0.25) is 5.91 Å². The van der Waals surface area contributed by atoms with Crippen LogP contribution >= 0.6 is 0 Å². The van der Waals surface area contributed by atoms with Gasteiger partial charge >= 0.3 is 0 Å². The molecule has 2 heterocycles. The van der Waals surface area contributed by atoms with Crippen LogP contribution in [0, 0.1) is 17.1 Å². The summed E-state index contributed by atoms with van der Waals surface area (Å²) in [5.74, 6) is -0.580. The van der Waals surface area contributed by atoms with Gasteiger partial charge in [-0.25, -0.2) is 9.37 Å². The van der Waals surface area contributed by atoms with E-state index in [-0.39, 0.29) is 5.91 Å².